The van der Waals surface area contributed by atoms with Crippen LogP contribution in [0.1, 0.15) is 21.7 Å². The first-order chi connectivity index (χ1) is 17.9. The second kappa shape index (κ2) is 10.5. The van der Waals surface area contributed by atoms with Crippen LogP contribution < -0.4 is 10.2 Å². The molecule has 8 nitrogen and oxygen atoms in total. The van der Waals surface area contributed by atoms with Gasteiger partial charge in [0.1, 0.15) is 17.9 Å². The lowest BCUT2D eigenvalue weighted by Gasteiger charge is -2.13. The standard InChI is InChI=1S/C27H17Br2N3O5/c28-22-10-16(11-23(29)26(22)36-15-18-6-3-5-17-4-1-2-7-21(17)18)14-30-31-27(33)25-13-19-12-20(32(34)35)8-9-24(19)37-25/h1-14H,15H2,(H,31,33)/b30-14+. The van der Waals surface area contributed by atoms with Gasteiger partial charge in [-0.15, -0.1) is 0 Å². The van der Waals surface area contributed by atoms with Gasteiger partial charge >= 0.3 is 5.91 Å². The van der Waals surface area contributed by atoms with Crippen LogP contribution in [0.2, 0.25) is 0 Å². The summed E-state index contributed by atoms with van der Waals surface area (Å²) in [6.07, 6.45) is 1.48. The number of carbonyl (C=O) groups excluding carboxylic acids is 1. The van der Waals surface area contributed by atoms with Crippen molar-refractivity contribution in [1.29, 1.82) is 0 Å². The van der Waals surface area contributed by atoms with Crippen LogP contribution in [0.5, 0.6) is 5.75 Å². The Labute approximate surface area is 227 Å². The summed E-state index contributed by atoms with van der Waals surface area (Å²) in [5.41, 5.74) is 4.47. The minimum atomic E-state index is -0.580. The molecule has 0 atom stereocenters. The van der Waals surface area contributed by atoms with Gasteiger partial charge in [-0.05, 0) is 78.0 Å². The zero-order valence-electron chi connectivity index (χ0n) is 19.0. The Morgan fingerprint density at radius 2 is 1.76 bits per heavy atom. The van der Waals surface area contributed by atoms with Gasteiger partial charge in [0.2, 0.25) is 0 Å². The fourth-order valence-electron chi connectivity index (χ4n) is 3.84. The zero-order valence-corrected chi connectivity index (χ0v) is 22.2. The highest BCUT2D eigenvalue weighted by molar-refractivity contribution is 9.11. The normalized spacial score (nSPS) is 11.3. The molecule has 4 aromatic carbocycles. The number of amides is 1. The second-order valence-corrected chi connectivity index (χ2v) is 9.74. The molecule has 0 spiro atoms. The van der Waals surface area contributed by atoms with Gasteiger partial charge in [-0.3, -0.25) is 14.9 Å². The lowest BCUT2D eigenvalue weighted by atomic mass is 10.1. The summed E-state index contributed by atoms with van der Waals surface area (Å²) in [5, 5.41) is 17.7. The molecule has 1 aromatic heterocycles. The van der Waals surface area contributed by atoms with E-state index in [1.807, 2.05) is 36.4 Å². The molecule has 0 bridgehead atoms. The number of nitro benzene ring substituents is 1. The summed E-state index contributed by atoms with van der Waals surface area (Å²) >= 11 is 7.09. The van der Waals surface area contributed by atoms with Gasteiger partial charge in [-0.2, -0.15) is 5.10 Å². The van der Waals surface area contributed by atoms with Crippen LogP contribution in [0.15, 0.2) is 97.3 Å². The van der Waals surface area contributed by atoms with E-state index in [9.17, 15) is 14.9 Å². The number of hydrogen-bond acceptors (Lipinski definition) is 6. The first kappa shape index (κ1) is 24.7. The molecule has 1 heterocycles. The van der Waals surface area contributed by atoms with Crippen molar-refractivity contribution >= 4 is 71.4 Å². The largest absolute Gasteiger partial charge is 0.487 e. The average Bonchev–Trinajstić information content (AvgIpc) is 3.32. The molecule has 0 aliphatic heterocycles. The third-order valence-electron chi connectivity index (χ3n) is 5.59. The molecule has 0 aliphatic carbocycles. The van der Waals surface area contributed by atoms with Crippen molar-refractivity contribution in [2.45, 2.75) is 6.61 Å². The number of nitrogens with zero attached hydrogens (tertiary/aromatic N) is 2. The van der Waals surface area contributed by atoms with Crippen LogP contribution in [0.3, 0.4) is 0 Å². The predicted octanol–water partition coefficient (Wildman–Crippen LogP) is 7.36. The van der Waals surface area contributed by atoms with E-state index in [2.05, 4.69) is 60.6 Å². The Morgan fingerprint density at radius 1 is 1.00 bits per heavy atom. The fourth-order valence-corrected chi connectivity index (χ4v) is 5.29. The van der Waals surface area contributed by atoms with E-state index in [0.29, 0.717) is 37.8 Å². The van der Waals surface area contributed by atoms with Crippen molar-refractivity contribution in [2.75, 3.05) is 0 Å². The van der Waals surface area contributed by atoms with Crippen molar-refractivity contribution in [3.63, 3.8) is 0 Å². The maximum absolute atomic E-state index is 12.4. The van der Waals surface area contributed by atoms with Gasteiger partial charge in [0.05, 0.1) is 20.1 Å². The smallest absolute Gasteiger partial charge is 0.307 e. The number of ether oxygens (including phenoxy) is 1. The van der Waals surface area contributed by atoms with Crippen LogP contribution in [0.4, 0.5) is 5.69 Å². The molecule has 1 amide bonds. The Balaban J connectivity index is 1.26. The van der Waals surface area contributed by atoms with Gasteiger partial charge in [-0.25, -0.2) is 5.43 Å². The highest BCUT2D eigenvalue weighted by atomic mass is 79.9. The molecular formula is C27H17Br2N3O5. The molecule has 37 heavy (non-hydrogen) atoms. The van der Waals surface area contributed by atoms with Crippen LogP contribution >= 0.6 is 31.9 Å². The first-order valence-electron chi connectivity index (χ1n) is 11.0. The summed E-state index contributed by atoms with van der Waals surface area (Å²) in [4.78, 5) is 22.9. The lowest BCUT2D eigenvalue weighted by Crippen LogP contribution is -2.16. The van der Waals surface area contributed by atoms with Crippen molar-refractivity contribution in [2.24, 2.45) is 5.10 Å². The molecule has 0 fully saturated rings. The molecule has 10 heteroatoms. The van der Waals surface area contributed by atoms with Gasteiger partial charge in [0.25, 0.3) is 5.69 Å². The quantitative estimate of drug-likeness (QED) is 0.116. The van der Waals surface area contributed by atoms with E-state index < -0.39 is 10.8 Å². The monoisotopic (exact) mass is 621 g/mol. The van der Waals surface area contributed by atoms with Crippen LogP contribution in [-0.4, -0.2) is 17.0 Å². The topological polar surface area (TPSA) is 107 Å². The average molecular weight is 623 g/mol. The number of hydrazone groups is 1. The summed E-state index contributed by atoms with van der Waals surface area (Å²) in [7, 11) is 0. The van der Waals surface area contributed by atoms with Crippen molar-refractivity contribution < 1.29 is 18.9 Å². The molecule has 0 radical (unpaired) electrons. The molecule has 184 valence electrons. The third-order valence-corrected chi connectivity index (χ3v) is 6.76. The van der Waals surface area contributed by atoms with Crippen LogP contribution in [0, 0.1) is 10.1 Å². The number of carbonyl (C=O) groups is 1. The van der Waals surface area contributed by atoms with E-state index in [-0.39, 0.29) is 11.4 Å². The van der Waals surface area contributed by atoms with Gasteiger partial charge in [-0.1, -0.05) is 42.5 Å². The molecule has 0 saturated carbocycles. The number of rotatable bonds is 7. The predicted molar refractivity (Wildman–Crippen MR) is 148 cm³/mol. The Hall–Kier alpha value is -4.02. The molecule has 5 rings (SSSR count). The Kier molecular flexibility index (Phi) is 7.02. The van der Waals surface area contributed by atoms with Crippen LogP contribution in [-0.2, 0) is 6.61 Å². The SMILES string of the molecule is O=C(N/N=C/c1cc(Br)c(OCc2cccc3ccccc23)c(Br)c1)c1cc2cc([N+](=O)[O-])ccc2o1. The third kappa shape index (κ3) is 5.40. The minimum absolute atomic E-state index is 0.00723. The summed E-state index contributed by atoms with van der Waals surface area (Å²) < 4.78 is 13.0. The number of furan rings is 1. The van der Waals surface area contributed by atoms with Gasteiger partial charge in [0.15, 0.2) is 5.76 Å². The van der Waals surface area contributed by atoms with E-state index in [4.69, 9.17) is 9.15 Å². The van der Waals surface area contributed by atoms with E-state index >= 15 is 0 Å². The lowest BCUT2D eigenvalue weighted by molar-refractivity contribution is -0.384. The Morgan fingerprint density at radius 3 is 2.54 bits per heavy atom. The number of nitro groups is 1. The molecule has 5 aromatic rings. The summed E-state index contributed by atoms with van der Waals surface area (Å²) in [6.45, 7) is 0.392. The first-order valence-corrected chi connectivity index (χ1v) is 12.6. The maximum Gasteiger partial charge on any atom is 0.307 e. The number of benzene rings is 4. The molecule has 1 N–H and O–H groups in total. The summed E-state index contributed by atoms with van der Waals surface area (Å²) in [6, 6.07) is 23.4. The summed E-state index contributed by atoms with van der Waals surface area (Å²) in [5.74, 6) is 0.0564. The number of nitrogens with one attached hydrogen (secondary N) is 1. The van der Waals surface area contributed by atoms with E-state index in [1.54, 1.807) is 0 Å². The highest BCUT2D eigenvalue weighted by Gasteiger charge is 2.15. The number of halogens is 2. The molecule has 0 unspecified atom stereocenters. The van der Waals surface area contributed by atoms with Crippen molar-refractivity contribution in [3.8, 4) is 5.75 Å². The molecular weight excluding hydrogens is 606 g/mol. The van der Waals surface area contributed by atoms with Crippen molar-refractivity contribution in [3.05, 3.63) is 115 Å². The van der Waals surface area contributed by atoms with Gasteiger partial charge in [0, 0.05) is 17.5 Å². The fraction of sp³-hybridized carbons (Fsp3) is 0.0370. The number of non-ortho nitro benzene ring substituents is 1. The number of fused-ring (bicyclic) bond motifs is 2. The zero-order chi connectivity index (χ0) is 25.9. The van der Waals surface area contributed by atoms with Crippen LogP contribution in [0.25, 0.3) is 21.7 Å². The van der Waals surface area contributed by atoms with E-state index in [0.717, 1.165) is 16.3 Å². The minimum Gasteiger partial charge on any atom is -0.487 e. The number of hydrogen-bond donors (Lipinski definition) is 1. The highest BCUT2D eigenvalue weighted by Crippen LogP contribution is 2.35. The molecule has 0 saturated heterocycles. The maximum atomic E-state index is 12.4. The van der Waals surface area contributed by atoms with Crippen molar-refractivity contribution in [1.82, 2.24) is 5.43 Å². The molecule has 0 aliphatic rings. The van der Waals surface area contributed by atoms with Gasteiger partial charge < -0.3 is 9.15 Å². The second-order valence-electron chi connectivity index (χ2n) is 8.03. The van der Waals surface area contributed by atoms with E-state index in [1.165, 1.54) is 30.5 Å². The Bertz CT molecular complexity index is 1670.